The molecule has 1 aliphatic carbocycles. The van der Waals surface area contributed by atoms with Crippen molar-refractivity contribution in [1.82, 2.24) is 9.80 Å². The van der Waals surface area contributed by atoms with Crippen LogP contribution in [0.2, 0.25) is 0 Å². The van der Waals surface area contributed by atoms with Crippen molar-refractivity contribution in [2.24, 2.45) is 11.8 Å². The Bertz CT molecular complexity index is 511. The molecule has 0 aromatic heterocycles. The minimum Gasteiger partial charge on any atom is -0.341 e. The zero-order valence-electron chi connectivity index (χ0n) is 11.9. The third kappa shape index (κ3) is 2.71. The van der Waals surface area contributed by atoms with Gasteiger partial charge in [-0.15, -0.1) is 0 Å². The van der Waals surface area contributed by atoms with Gasteiger partial charge in [0, 0.05) is 18.1 Å². The molecule has 0 aromatic rings. The summed E-state index contributed by atoms with van der Waals surface area (Å²) in [6.45, 7) is 1.35. The minimum atomic E-state index is -0.371. The molecule has 2 heterocycles. The Morgan fingerprint density at radius 2 is 1.81 bits per heavy atom. The molecule has 5 nitrogen and oxygen atoms in total. The van der Waals surface area contributed by atoms with E-state index in [9.17, 15) is 14.4 Å². The average molecular weight is 311 g/mol. The molecule has 114 valence electrons. The quantitative estimate of drug-likeness (QED) is 0.727. The second-order valence-corrected chi connectivity index (χ2v) is 6.49. The Balaban J connectivity index is 1.67. The van der Waals surface area contributed by atoms with Crippen molar-refractivity contribution in [1.29, 1.82) is 0 Å². The number of allylic oxidation sites excluding steroid dienone is 2. The molecular formula is C15H19ClN2O3. The predicted octanol–water partition coefficient (Wildman–Crippen LogP) is 1.52. The van der Waals surface area contributed by atoms with Crippen LogP contribution < -0.4 is 0 Å². The van der Waals surface area contributed by atoms with Crippen LogP contribution in [0.4, 0.5) is 0 Å². The molecule has 0 unspecified atom stereocenters. The van der Waals surface area contributed by atoms with Crippen LogP contribution in [0.5, 0.6) is 0 Å². The topological polar surface area (TPSA) is 57.7 Å². The van der Waals surface area contributed by atoms with Gasteiger partial charge in [-0.2, -0.15) is 0 Å². The molecule has 0 bridgehead atoms. The second-order valence-electron chi connectivity index (χ2n) is 6.01. The number of likely N-dealkylation sites (tertiary alicyclic amines) is 2. The summed E-state index contributed by atoms with van der Waals surface area (Å²) < 4.78 is 0. The van der Waals surface area contributed by atoms with Gasteiger partial charge in [0.25, 0.3) is 0 Å². The molecule has 0 aromatic carbocycles. The van der Waals surface area contributed by atoms with E-state index < -0.39 is 0 Å². The van der Waals surface area contributed by atoms with Gasteiger partial charge < -0.3 is 4.90 Å². The van der Waals surface area contributed by atoms with Crippen LogP contribution in [-0.4, -0.2) is 47.2 Å². The Kier molecular flexibility index (Phi) is 4.02. The van der Waals surface area contributed by atoms with Crippen LogP contribution in [-0.2, 0) is 14.4 Å². The monoisotopic (exact) mass is 310 g/mol. The van der Waals surface area contributed by atoms with Crippen molar-refractivity contribution in [3.05, 3.63) is 11.1 Å². The molecule has 2 fully saturated rings. The summed E-state index contributed by atoms with van der Waals surface area (Å²) in [6, 6.07) is 0. The predicted molar refractivity (Wildman–Crippen MR) is 77.3 cm³/mol. The standard InChI is InChI=1S/C15H19ClN2O3/c16-10-4-5-11-12(8-10)15(21)18(14(11)20)9-13(19)17-6-2-1-3-7-17/h4,11-12H,1-3,5-9H2/t11-,12-/m0/s1. The van der Waals surface area contributed by atoms with Crippen molar-refractivity contribution in [3.63, 3.8) is 0 Å². The lowest BCUT2D eigenvalue weighted by Gasteiger charge is -2.28. The fourth-order valence-corrected chi connectivity index (χ4v) is 3.69. The van der Waals surface area contributed by atoms with Crippen molar-refractivity contribution in [2.75, 3.05) is 19.6 Å². The van der Waals surface area contributed by atoms with E-state index in [4.69, 9.17) is 11.6 Å². The van der Waals surface area contributed by atoms with Gasteiger partial charge in [-0.3, -0.25) is 19.3 Å². The molecule has 2 saturated heterocycles. The van der Waals surface area contributed by atoms with Gasteiger partial charge >= 0.3 is 0 Å². The smallest absolute Gasteiger partial charge is 0.242 e. The maximum absolute atomic E-state index is 12.4. The van der Waals surface area contributed by atoms with Gasteiger partial charge in [-0.1, -0.05) is 17.7 Å². The second kappa shape index (κ2) is 5.79. The first kappa shape index (κ1) is 14.6. The summed E-state index contributed by atoms with van der Waals surface area (Å²) in [5.41, 5.74) is 0. The first-order chi connectivity index (χ1) is 10.1. The number of nitrogens with zero attached hydrogens (tertiary/aromatic N) is 2. The molecule has 2 aliphatic heterocycles. The summed E-state index contributed by atoms with van der Waals surface area (Å²) in [4.78, 5) is 39.9. The van der Waals surface area contributed by atoms with E-state index in [2.05, 4.69) is 0 Å². The van der Waals surface area contributed by atoms with Gasteiger partial charge in [0.1, 0.15) is 6.54 Å². The first-order valence-electron chi connectivity index (χ1n) is 7.55. The summed E-state index contributed by atoms with van der Waals surface area (Å²) >= 11 is 5.98. The maximum atomic E-state index is 12.4. The number of carbonyl (C=O) groups excluding carboxylic acids is 3. The van der Waals surface area contributed by atoms with E-state index in [1.165, 1.54) is 0 Å². The van der Waals surface area contributed by atoms with E-state index in [1.54, 1.807) is 4.90 Å². The van der Waals surface area contributed by atoms with Gasteiger partial charge in [-0.05, 0) is 32.1 Å². The van der Waals surface area contributed by atoms with Crippen LogP contribution in [0.3, 0.4) is 0 Å². The van der Waals surface area contributed by atoms with Gasteiger partial charge in [-0.25, -0.2) is 0 Å². The fourth-order valence-electron chi connectivity index (χ4n) is 3.43. The van der Waals surface area contributed by atoms with Crippen molar-refractivity contribution < 1.29 is 14.4 Å². The molecule has 2 atom stereocenters. The highest BCUT2D eigenvalue weighted by Gasteiger charge is 2.49. The normalized spacial score (nSPS) is 29.5. The SMILES string of the molecule is O=C(CN1C(=O)[C@H]2CC=C(Cl)C[C@@H]2C1=O)N1CCCCC1. The Morgan fingerprint density at radius 3 is 2.52 bits per heavy atom. The van der Waals surface area contributed by atoms with Gasteiger partial charge in [0.2, 0.25) is 17.7 Å². The number of hydrogen-bond donors (Lipinski definition) is 0. The lowest BCUT2D eigenvalue weighted by atomic mass is 9.85. The summed E-state index contributed by atoms with van der Waals surface area (Å²) in [5, 5.41) is 0.640. The number of imide groups is 1. The molecule has 3 aliphatic rings. The third-order valence-corrected chi connectivity index (χ3v) is 4.97. The number of fused-ring (bicyclic) bond motifs is 1. The van der Waals surface area contributed by atoms with E-state index >= 15 is 0 Å². The van der Waals surface area contributed by atoms with E-state index in [0.717, 1.165) is 37.3 Å². The van der Waals surface area contributed by atoms with E-state index in [0.29, 0.717) is 17.9 Å². The highest BCUT2D eigenvalue weighted by molar-refractivity contribution is 6.30. The number of piperidine rings is 1. The molecule has 0 spiro atoms. The van der Waals surface area contributed by atoms with Gasteiger partial charge in [0.15, 0.2) is 0 Å². The molecule has 6 heteroatoms. The molecule has 0 radical (unpaired) electrons. The van der Waals surface area contributed by atoms with Crippen LogP contribution >= 0.6 is 11.6 Å². The molecule has 0 N–H and O–H groups in total. The largest absolute Gasteiger partial charge is 0.341 e. The van der Waals surface area contributed by atoms with Crippen LogP contribution in [0, 0.1) is 11.8 Å². The molecule has 3 amide bonds. The molecule has 3 rings (SSSR count). The van der Waals surface area contributed by atoms with Crippen molar-refractivity contribution in [2.45, 2.75) is 32.1 Å². The summed E-state index contributed by atoms with van der Waals surface area (Å²) in [5.74, 6) is -1.26. The zero-order valence-corrected chi connectivity index (χ0v) is 12.6. The Hall–Kier alpha value is -1.36. The number of halogens is 1. The fraction of sp³-hybridized carbons (Fsp3) is 0.667. The number of rotatable bonds is 2. The number of hydrogen-bond acceptors (Lipinski definition) is 3. The van der Waals surface area contributed by atoms with E-state index in [-0.39, 0.29) is 36.1 Å². The Morgan fingerprint density at radius 1 is 1.14 bits per heavy atom. The summed E-state index contributed by atoms with van der Waals surface area (Å²) in [6.07, 6.45) is 5.87. The lowest BCUT2D eigenvalue weighted by molar-refractivity contribution is -0.146. The highest BCUT2D eigenvalue weighted by Crippen LogP contribution is 2.38. The van der Waals surface area contributed by atoms with Crippen LogP contribution in [0.15, 0.2) is 11.1 Å². The first-order valence-corrected chi connectivity index (χ1v) is 7.93. The van der Waals surface area contributed by atoms with Crippen molar-refractivity contribution in [3.8, 4) is 0 Å². The van der Waals surface area contributed by atoms with Crippen LogP contribution in [0.25, 0.3) is 0 Å². The molecular weight excluding hydrogens is 292 g/mol. The van der Waals surface area contributed by atoms with E-state index in [1.807, 2.05) is 6.08 Å². The highest BCUT2D eigenvalue weighted by atomic mass is 35.5. The average Bonchev–Trinajstić information content (AvgIpc) is 2.73. The van der Waals surface area contributed by atoms with Gasteiger partial charge in [0.05, 0.1) is 11.8 Å². The number of amides is 3. The summed E-state index contributed by atoms with van der Waals surface area (Å²) in [7, 11) is 0. The zero-order chi connectivity index (χ0) is 15.0. The minimum absolute atomic E-state index is 0.109. The molecule has 21 heavy (non-hydrogen) atoms. The lowest BCUT2D eigenvalue weighted by Crippen LogP contribution is -2.44. The molecule has 0 saturated carbocycles. The Labute approximate surface area is 128 Å². The third-order valence-electron chi connectivity index (χ3n) is 4.66. The maximum Gasteiger partial charge on any atom is 0.242 e. The number of carbonyl (C=O) groups is 3. The van der Waals surface area contributed by atoms with Crippen molar-refractivity contribution >= 4 is 29.3 Å². The van der Waals surface area contributed by atoms with Crippen LogP contribution in [0.1, 0.15) is 32.1 Å².